The molecule has 1 fully saturated rings. The van der Waals surface area contributed by atoms with Gasteiger partial charge in [-0.3, -0.25) is 0 Å². The van der Waals surface area contributed by atoms with Gasteiger partial charge in [-0.2, -0.15) is 0 Å². The summed E-state index contributed by atoms with van der Waals surface area (Å²) in [5.41, 5.74) is 3.52. The Bertz CT molecular complexity index is 556. The average Bonchev–Trinajstić information content (AvgIpc) is 2.96. The van der Waals surface area contributed by atoms with Crippen molar-refractivity contribution in [2.45, 2.75) is 31.6 Å². The van der Waals surface area contributed by atoms with E-state index in [2.05, 4.69) is 60.5 Å². The topological polar surface area (TPSA) is 3.24 Å². The smallest absolute Gasteiger partial charge is 0.0408 e. The lowest BCUT2D eigenvalue weighted by atomic mass is 9.97. The molecule has 0 aromatic heterocycles. The van der Waals surface area contributed by atoms with Gasteiger partial charge < -0.3 is 4.90 Å². The number of benzene rings is 2. The van der Waals surface area contributed by atoms with Crippen molar-refractivity contribution in [1.29, 1.82) is 0 Å². The predicted molar refractivity (Wildman–Crippen MR) is 82.2 cm³/mol. The Morgan fingerprint density at radius 2 is 1.47 bits per heavy atom. The summed E-state index contributed by atoms with van der Waals surface area (Å²) in [4.78, 5) is 2.18. The van der Waals surface area contributed by atoms with Gasteiger partial charge in [0.2, 0.25) is 0 Å². The number of hydrogen-bond acceptors (Lipinski definition) is 1. The van der Waals surface area contributed by atoms with E-state index in [9.17, 15) is 0 Å². The van der Waals surface area contributed by atoms with Crippen molar-refractivity contribution in [3.8, 4) is 0 Å². The Morgan fingerprint density at radius 1 is 0.895 bits per heavy atom. The molecule has 0 aliphatic heterocycles. The maximum absolute atomic E-state index is 8.55. The van der Waals surface area contributed by atoms with Crippen LogP contribution in [-0.2, 0) is 0 Å². The van der Waals surface area contributed by atoms with E-state index in [4.69, 9.17) is 1.37 Å². The van der Waals surface area contributed by atoms with Crippen molar-refractivity contribution in [2.24, 2.45) is 0 Å². The third-order valence-corrected chi connectivity index (χ3v) is 4.01. The van der Waals surface area contributed by atoms with E-state index in [1.54, 1.807) is 0 Å². The average molecular weight is 252 g/mol. The van der Waals surface area contributed by atoms with Crippen LogP contribution in [-0.4, -0.2) is 7.05 Å². The summed E-state index contributed by atoms with van der Waals surface area (Å²) in [6.45, 7) is 0. The molecule has 19 heavy (non-hydrogen) atoms. The Labute approximate surface area is 117 Å². The van der Waals surface area contributed by atoms with Gasteiger partial charge in [0.1, 0.15) is 0 Å². The molecule has 0 saturated heterocycles. The van der Waals surface area contributed by atoms with Crippen LogP contribution >= 0.6 is 0 Å². The number of rotatable bonds is 3. The molecule has 2 aromatic carbocycles. The molecule has 2 aromatic rings. The summed E-state index contributed by atoms with van der Waals surface area (Å²) >= 11 is 0. The summed E-state index contributed by atoms with van der Waals surface area (Å²) in [6, 6.07) is 18.9. The van der Waals surface area contributed by atoms with Crippen LogP contribution in [0.15, 0.2) is 54.6 Å². The number of para-hydroxylation sites is 1. The maximum Gasteiger partial charge on any atom is 0.0408 e. The van der Waals surface area contributed by atoms with Crippen molar-refractivity contribution >= 4 is 11.4 Å². The Balaban J connectivity index is 1.83. The first-order valence-corrected chi connectivity index (χ1v) is 7.08. The fourth-order valence-electron chi connectivity index (χ4n) is 2.81. The number of anilines is 2. The van der Waals surface area contributed by atoms with Crippen molar-refractivity contribution in [1.82, 2.24) is 0 Å². The number of hydrogen-bond donors (Lipinski definition) is 0. The minimum absolute atomic E-state index is 0.343. The second-order valence-corrected chi connectivity index (χ2v) is 5.25. The first-order chi connectivity index (χ1) is 9.69. The molecule has 3 rings (SSSR count). The van der Waals surface area contributed by atoms with Crippen molar-refractivity contribution in [3.05, 3.63) is 60.2 Å². The van der Waals surface area contributed by atoms with Gasteiger partial charge in [0, 0.05) is 19.8 Å². The molecule has 0 radical (unpaired) electrons. The molecule has 1 aliphatic rings. The summed E-state index contributed by atoms with van der Waals surface area (Å²) in [7, 11) is 2.08. The van der Waals surface area contributed by atoms with Gasteiger partial charge in [0.05, 0.1) is 0 Å². The fourth-order valence-corrected chi connectivity index (χ4v) is 2.81. The Morgan fingerprint density at radius 3 is 2.11 bits per heavy atom. The van der Waals surface area contributed by atoms with Gasteiger partial charge in [0.15, 0.2) is 0 Å². The largest absolute Gasteiger partial charge is 0.345 e. The molecular formula is C18H21N. The van der Waals surface area contributed by atoms with E-state index in [1.165, 1.54) is 29.8 Å². The highest BCUT2D eigenvalue weighted by Gasteiger charge is 2.16. The maximum atomic E-state index is 8.55. The Hall–Kier alpha value is -1.76. The molecular weight excluding hydrogens is 230 g/mol. The van der Waals surface area contributed by atoms with Crippen LogP contribution < -0.4 is 4.90 Å². The third-order valence-electron chi connectivity index (χ3n) is 4.01. The van der Waals surface area contributed by atoms with Crippen molar-refractivity contribution in [2.75, 3.05) is 11.9 Å². The quantitative estimate of drug-likeness (QED) is 0.733. The minimum atomic E-state index is -0.343. The molecule has 0 spiro atoms. The van der Waals surface area contributed by atoms with E-state index in [0.29, 0.717) is 0 Å². The van der Waals surface area contributed by atoms with E-state index < -0.39 is 0 Å². The number of nitrogens with zero attached hydrogens (tertiary/aromatic N) is 1. The third kappa shape index (κ3) is 2.65. The van der Waals surface area contributed by atoms with Crippen molar-refractivity contribution in [3.63, 3.8) is 0 Å². The lowest BCUT2D eigenvalue weighted by Crippen LogP contribution is -2.09. The molecule has 0 N–H and O–H groups in total. The summed E-state index contributed by atoms with van der Waals surface area (Å²) in [5.74, 6) is -0.343. The second-order valence-electron chi connectivity index (χ2n) is 5.25. The van der Waals surface area contributed by atoms with Crippen LogP contribution in [0.2, 0.25) is 0 Å². The van der Waals surface area contributed by atoms with Gasteiger partial charge in [-0.25, -0.2) is 0 Å². The van der Waals surface area contributed by atoms with E-state index >= 15 is 0 Å². The van der Waals surface area contributed by atoms with Crippen LogP contribution in [0.25, 0.3) is 0 Å². The van der Waals surface area contributed by atoms with Gasteiger partial charge >= 0.3 is 0 Å². The van der Waals surface area contributed by atoms with Gasteiger partial charge in [-0.1, -0.05) is 43.2 Å². The van der Waals surface area contributed by atoms with E-state index in [1.807, 2.05) is 6.07 Å². The lowest BCUT2D eigenvalue weighted by Gasteiger charge is -2.20. The van der Waals surface area contributed by atoms with E-state index in [0.717, 1.165) is 12.8 Å². The highest BCUT2D eigenvalue weighted by Crippen LogP contribution is 2.35. The van der Waals surface area contributed by atoms with E-state index in [-0.39, 0.29) is 5.89 Å². The molecule has 1 saturated carbocycles. The summed E-state index contributed by atoms with van der Waals surface area (Å²) < 4.78 is 8.55. The molecule has 1 heteroatoms. The van der Waals surface area contributed by atoms with Crippen LogP contribution in [0.3, 0.4) is 0 Å². The summed E-state index contributed by atoms with van der Waals surface area (Å²) in [6.07, 6.45) is 4.38. The zero-order valence-electron chi connectivity index (χ0n) is 12.5. The zero-order chi connectivity index (χ0) is 14.0. The Kier molecular flexibility index (Phi) is 3.20. The molecule has 1 aliphatic carbocycles. The van der Waals surface area contributed by atoms with Gasteiger partial charge in [-0.05, 0) is 48.6 Å². The highest BCUT2D eigenvalue weighted by molar-refractivity contribution is 5.62. The molecule has 0 bridgehead atoms. The van der Waals surface area contributed by atoms with Crippen LogP contribution in [0.4, 0.5) is 11.4 Å². The fraction of sp³-hybridized carbons (Fsp3) is 0.333. The molecule has 0 amide bonds. The molecule has 98 valence electrons. The normalized spacial score (nSPS) is 18.1. The highest BCUT2D eigenvalue weighted by atomic mass is 15.1. The molecule has 1 nitrogen and oxygen atoms in total. The minimum Gasteiger partial charge on any atom is -0.345 e. The predicted octanol–water partition coefficient (Wildman–Crippen LogP) is 5.11. The molecule has 0 heterocycles. The molecule has 0 atom stereocenters. The van der Waals surface area contributed by atoms with Crippen LogP contribution in [0, 0.1) is 0 Å². The lowest BCUT2D eigenvalue weighted by molar-refractivity contribution is 0.723. The van der Waals surface area contributed by atoms with Gasteiger partial charge in [-0.15, -0.1) is 0 Å². The molecule has 0 unspecified atom stereocenters. The van der Waals surface area contributed by atoms with Crippen LogP contribution in [0.1, 0.15) is 38.5 Å². The SMILES string of the molecule is [2H]C1(c2ccc(N(C)c3ccccc3)cc2)CCCC1. The zero-order valence-corrected chi connectivity index (χ0v) is 11.5. The standard InChI is InChI=1S/C18H21N/c1-19(17-9-3-2-4-10-17)18-13-11-16(12-14-18)15-7-5-6-8-15/h2-4,9-15H,5-8H2,1H3/i15D. The van der Waals surface area contributed by atoms with Crippen LogP contribution in [0.5, 0.6) is 0 Å². The monoisotopic (exact) mass is 252 g/mol. The first-order valence-electron chi connectivity index (χ1n) is 7.58. The van der Waals surface area contributed by atoms with Gasteiger partial charge in [0.25, 0.3) is 0 Å². The summed E-state index contributed by atoms with van der Waals surface area (Å²) in [5, 5.41) is 0. The second kappa shape index (κ2) is 5.48. The first kappa shape index (κ1) is 11.1. The van der Waals surface area contributed by atoms with Crippen molar-refractivity contribution < 1.29 is 1.37 Å².